The van der Waals surface area contributed by atoms with Crippen LogP contribution in [0, 0.1) is 6.92 Å². The molecule has 36 heavy (non-hydrogen) atoms. The van der Waals surface area contributed by atoms with E-state index in [0.717, 1.165) is 28.1 Å². The number of hydrogen-bond donors (Lipinski definition) is 1. The van der Waals surface area contributed by atoms with Gasteiger partial charge in [-0.3, -0.25) is 13.9 Å². The van der Waals surface area contributed by atoms with Gasteiger partial charge >= 0.3 is 0 Å². The van der Waals surface area contributed by atoms with Crippen molar-refractivity contribution >= 4 is 27.5 Å². The number of aryl methyl sites for hydroxylation is 1. The highest BCUT2D eigenvalue weighted by Gasteiger charge is 2.32. The monoisotopic (exact) mass is 517 g/mol. The molecular formula is C26H35N3O6S. The Bertz CT molecular complexity index is 1180. The van der Waals surface area contributed by atoms with E-state index in [9.17, 15) is 18.0 Å². The molecule has 9 nitrogen and oxygen atoms in total. The van der Waals surface area contributed by atoms with Crippen LogP contribution in [-0.4, -0.2) is 56.8 Å². The van der Waals surface area contributed by atoms with Crippen molar-refractivity contribution in [3.8, 4) is 11.5 Å². The maximum atomic E-state index is 13.7. The summed E-state index contributed by atoms with van der Waals surface area (Å²) in [6.07, 6.45) is 2.17. The summed E-state index contributed by atoms with van der Waals surface area (Å²) in [7, 11) is -3.83. The number of rotatable bonds is 11. The van der Waals surface area contributed by atoms with E-state index in [1.807, 2.05) is 52.0 Å². The lowest BCUT2D eigenvalue weighted by Gasteiger charge is -2.33. The third kappa shape index (κ3) is 6.69. The first-order valence-electron chi connectivity index (χ1n) is 12.1. The molecule has 1 aliphatic heterocycles. The van der Waals surface area contributed by atoms with Gasteiger partial charge in [0.15, 0.2) is 11.5 Å². The maximum absolute atomic E-state index is 13.7. The normalized spacial score (nSPS) is 14.1. The molecule has 1 N–H and O–H groups in total. The van der Waals surface area contributed by atoms with Crippen molar-refractivity contribution in [3.05, 3.63) is 53.6 Å². The fourth-order valence-electron chi connectivity index (χ4n) is 3.90. The first kappa shape index (κ1) is 27.3. The smallest absolute Gasteiger partial charge is 0.244 e. The van der Waals surface area contributed by atoms with Crippen LogP contribution in [0.4, 0.5) is 5.69 Å². The molecule has 0 saturated heterocycles. The number of amides is 2. The van der Waals surface area contributed by atoms with Crippen LogP contribution in [0.5, 0.6) is 11.5 Å². The molecule has 2 aromatic rings. The van der Waals surface area contributed by atoms with Crippen molar-refractivity contribution in [2.24, 2.45) is 0 Å². The highest BCUT2D eigenvalue weighted by Crippen LogP contribution is 2.36. The van der Waals surface area contributed by atoms with Crippen LogP contribution < -0.4 is 19.1 Å². The summed E-state index contributed by atoms with van der Waals surface area (Å²) in [5.74, 6) is 0.169. The Hall–Kier alpha value is -3.27. The molecule has 2 aromatic carbocycles. The van der Waals surface area contributed by atoms with E-state index in [4.69, 9.17) is 9.47 Å². The number of sulfonamides is 1. The van der Waals surface area contributed by atoms with Gasteiger partial charge in [-0.2, -0.15) is 0 Å². The molecule has 1 aliphatic rings. The zero-order valence-corrected chi connectivity index (χ0v) is 22.3. The lowest BCUT2D eigenvalue weighted by molar-refractivity contribution is -0.140. The van der Waals surface area contributed by atoms with E-state index in [0.29, 0.717) is 17.9 Å². The Morgan fingerprint density at radius 2 is 1.69 bits per heavy atom. The van der Waals surface area contributed by atoms with Crippen molar-refractivity contribution < 1.29 is 27.5 Å². The average molecular weight is 518 g/mol. The van der Waals surface area contributed by atoms with E-state index in [1.54, 1.807) is 12.1 Å². The predicted molar refractivity (Wildman–Crippen MR) is 138 cm³/mol. The van der Waals surface area contributed by atoms with E-state index >= 15 is 0 Å². The van der Waals surface area contributed by atoms with Crippen LogP contribution in [0.15, 0.2) is 42.5 Å². The van der Waals surface area contributed by atoms with Gasteiger partial charge in [0.1, 0.15) is 12.6 Å². The fourth-order valence-corrected chi connectivity index (χ4v) is 4.75. The largest absolute Gasteiger partial charge is 0.454 e. The number of nitrogens with one attached hydrogen (secondary N) is 1. The summed E-state index contributed by atoms with van der Waals surface area (Å²) < 4.78 is 37.2. The molecule has 2 atom stereocenters. The highest BCUT2D eigenvalue weighted by atomic mass is 32.2. The van der Waals surface area contributed by atoms with Gasteiger partial charge in [0.2, 0.25) is 28.6 Å². The van der Waals surface area contributed by atoms with E-state index in [1.165, 1.54) is 11.0 Å². The summed E-state index contributed by atoms with van der Waals surface area (Å²) in [6, 6.07) is 11.6. The number of fused-ring (bicyclic) bond motifs is 1. The molecule has 2 amide bonds. The molecule has 0 saturated carbocycles. The zero-order valence-electron chi connectivity index (χ0n) is 21.5. The molecule has 0 fully saturated rings. The summed E-state index contributed by atoms with van der Waals surface area (Å²) >= 11 is 0. The van der Waals surface area contributed by atoms with Crippen molar-refractivity contribution in [2.75, 3.05) is 23.9 Å². The third-order valence-corrected chi connectivity index (χ3v) is 7.32. The Balaban J connectivity index is 1.94. The van der Waals surface area contributed by atoms with Crippen LogP contribution in [0.1, 0.15) is 44.7 Å². The molecule has 1 heterocycles. The number of carbonyl (C=O) groups excluding carboxylic acids is 2. The number of anilines is 1. The topological polar surface area (TPSA) is 105 Å². The van der Waals surface area contributed by atoms with E-state index in [2.05, 4.69) is 5.32 Å². The van der Waals surface area contributed by atoms with E-state index in [-0.39, 0.29) is 31.0 Å². The van der Waals surface area contributed by atoms with Gasteiger partial charge in [-0.1, -0.05) is 43.7 Å². The van der Waals surface area contributed by atoms with Crippen molar-refractivity contribution in [1.29, 1.82) is 0 Å². The molecule has 10 heteroatoms. The first-order chi connectivity index (χ1) is 17.0. The first-order valence-corrected chi connectivity index (χ1v) is 13.9. The number of benzene rings is 2. The van der Waals surface area contributed by atoms with Gasteiger partial charge in [0.25, 0.3) is 0 Å². The lowest BCUT2D eigenvalue weighted by Crippen LogP contribution is -2.53. The summed E-state index contributed by atoms with van der Waals surface area (Å²) in [5, 5.41) is 2.96. The standard InChI is InChI=1S/C26H35N3O6S/c1-6-19(4)27-26(31)22(7-2)28(15-20-10-8-18(3)9-11-20)25(30)16-29(36(5,32)33)21-12-13-23-24(14-21)35-17-34-23/h8-14,19,22H,6-7,15-17H2,1-5H3,(H,27,31)/t19-,22-/m0/s1. The fraction of sp³-hybridized carbons (Fsp3) is 0.462. The second-order valence-corrected chi connectivity index (χ2v) is 11.0. The Labute approximate surface area is 213 Å². The molecule has 3 rings (SSSR count). The second-order valence-electron chi connectivity index (χ2n) is 9.06. The third-order valence-electron chi connectivity index (χ3n) is 6.18. The lowest BCUT2D eigenvalue weighted by atomic mass is 10.1. The number of nitrogens with zero attached hydrogens (tertiary/aromatic N) is 2. The van der Waals surface area contributed by atoms with Gasteiger partial charge in [-0.15, -0.1) is 0 Å². The number of ether oxygens (including phenoxy) is 2. The summed E-state index contributed by atoms with van der Waals surface area (Å²) in [4.78, 5) is 28.3. The molecule has 0 aliphatic carbocycles. The van der Waals surface area contributed by atoms with Gasteiger partial charge in [0, 0.05) is 18.7 Å². The molecule has 0 unspecified atom stereocenters. The second kappa shape index (κ2) is 11.6. The summed E-state index contributed by atoms with van der Waals surface area (Å²) in [5.41, 5.74) is 2.20. The molecule has 0 radical (unpaired) electrons. The summed E-state index contributed by atoms with van der Waals surface area (Å²) in [6.45, 7) is 7.43. The Kier molecular flexibility index (Phi) is 8.84. The number of carbonyl (C=O) groups is 2. The van der Waals surface area contributed by atoms with Crippen LogP contribution in [0.25, 0.3) is 0 Å². The van der Waals surface area contributed by atoms with Gasteiger partial charge in [-0.25, -0.2) is 8.42 Å². The molecule has 0 bridgehead atoms. The van der Waals surface area contributed by atoms with E-state index < -0.39 is 28.5 Å². The highest BCUT2D eigenvalue weighted by molar-refractivity contribution is 7.92. The van der Waals surface area contributed by atoms with Crippen LogP contribution in [-0.2, 0) is 26.2 Å². The molecule has 0 aromatic heterocycles. The quantitative estimate of drug-likeness (QED) is 0.491. The SMILES string of the molecule is CC[C@H](C)NC(=O)[C@H](CC)N(Cc1ccc(C)cc1)C(=O)CN(c1ccc2c(c1)OCO2)S(C)(=O)=O. The zero-order chi connectivity index (χ0) is 26.5. The van der Waals surface area contributed by atoms with Gasteiger partial charge in [-0.05, 0) is 44.4 Å². The van der Waals surface area contributed by atoms with Gasteiger partial charge in [0.05, 0.1) is 11.9 Å². The van der Waals surface area contributed by atoms with Crippen LogP contribution >= 0.6 is 0 Å². The van der Waals surface area contributed by atoms with Crippen molar-refractivity contribution in [1.82, 2.24) is 10.2 Å². The molecule has 0 spiro atoms. The Morgan fingerprint density at radius 3 is 2.31 bits per heavy atom. The Morgan fingerprint density at radius 1 is 1.03 bits per heavy atom. The predicted octanol–water partition coefficient (Wildman–Crippen LogP) is 3.21. The molecular weight excluding hydrogens is 482 g/mol. The number of hydrogen-bond acceptors (Lipinski definition) is 6. The average Bonchev–Trinajstić information content (AvgIpc) is 3.30. The molecule has 196 valence electrons. The van der Waals surface area contributed by atoms with Crippen LogP contribution in [0.3, 0.4) is 0 Å². The minimum Gasteiger partial charge on any atom is -0.454 e. The maximum Gasteiger partial charge on any atom is 0.244 e. The van der Waals surface area contributed by atoms with Crippen molar-refractivity contribution in [3.63, 3.8) is 0 Å². The van der Waals surface area contributed by atoms with Crippen molar-refractivity contribution in [2.45, 2.75) is 59.2 Å². The minimum absolute atomic E-state index is 0.0460. The van der Waals surface area contributed by atoms with Gasteiger partial charge < -0.3 is 19.7 Å². The van der Waals surface area contributed by atoms with Crippen LogP contribution in [0.2, 0.25) is 0 Å². The minimum atomic E-state index is -3.83.